The van der Waals surface area contributed by atoms with Crippen LogP contribution >= 0.6 is 11.3 Å². The molecule has 2 rings (SSSR count). The van der Waals surface area contributed by atoms with Gasteiger partial charge in [-0.05, 0) is 19.9 Å². The normalized spacial score (nSPS) is 11.8. The number of amides is 1. The van der Waals surface area contributed by atoms with Crippen LogP contribution in [0.1, 0.15) is 18.2 Å². The van der Waals surface area contributed by atoms with E-state index in [9.17, 15) is 9.59 Å². The molecule has 1 heterocycles. The zero-order chi connectivity index (χ0) is 18.2. The van der Waals surface area contributed by atoms with E-state index in [1.54, 1.807) is 14.0 Å². The summed E-state index contributed by atoms with van der Waals surface area (Å²) in [6.45, 7) is 4.35. The number of hydrogen-bond donors (Lipinski definition) is 1. The Morgan fingerprint density at radius 1 is 1.36 bits per heavy atom. The maximum atomic E-state index is 12.0. The summed E-state index contributed by atoms with van der Waals surface area (Å²) in [6, 6.07) is 8.03. The highest BCUT2D eigenvalue weighted by molar-refractivity contribution is 7.13. The van der Waals surface area contributed by atoms with Gasteiger partial charge in [-0.2, -0.15) is 0 Å². The summed E-state index contributed by atoms with van der Waals surface area (Å²) in [5.41, 5.74) is 2.82. The molecule has 7 heteroatoms. The quantitative estimate of drug-likeness (QED) is 0.576. The molecular weight excluding hydrogens is 340 g/mol. The number of benzene rings is 1. The van der Waals surface area contributed by atoms with Crippen LogP contribution in [0, 0.1) is 6.92 Å². The van der Waals surface area contributed by atoms with Crippen molar-refractivity contribution < 1.29 is 19.1 Å². The Morgan fingerprint density at radius 2 is 2.16 bits per heavy atom. The number of esters is 1. The van der Waals surface area contributed by atoms with Gasteiger partial charge in [-0.25, -0.2) is 4.98 Å². The van der Waals surface area contributed by atoms with E-state index in [0.29, 0.717) is 18.8 Å². The van der Waals surface area contributed by atoms with E-state index < -0.39 is 12.1 Å². The van der Waals surface area contributed by atoms with Gasteiger partial charge >= 0.3 is 5.97 Å². The SMILES string of the molecule is COCCNC(=O)[C@H](C)OC(=O)Cc1csc(-c2cccc(C)c2)n1. The summed E-state index contributed by atoms with van der Waals surface area (Å²) in [4.78, 5) is 28.2. The molecule has 1 aromatic heterocycles. The van der Waals surface area contributed by atoms with Gasteiger partial charge in [-0.1, -0.05) is 23.8 Å². The van der Waals surface area contributed by atoms with Crippen molar-refractivity contribution in [3.05, 3.63) is 40.9 Å². The number of carbonyl (C=O) groups is 2. The Kier molecular flexibility index (Phi) is 7.09. The molecule has 0 saturated heterocycles. The number of nitrogens with one attached hydrogen (secondary N) is 1. The monoisotopic (exact) mass is 362 g/mol. The fourth-order valence-electron chi connectivity index (χ4n) is 2.16. The van der Waals surface area contributed by atoms with Crippen molar-refractivity contribution in [3.63, 3.8) is 0 Å². The van der Waals surface area contributed by atoms with Crippen molar-refractivity contribution in [1.29, 1.82) is 0 Å². The van der Waals surface area contributed by atoms with Gasteiger partial charge in [0.1, 0.15) is 5.01 Å². The lowest BCUT2D eigenvalue weighted by molar-refractivity contribution is -0.154. The molecule has 1 aromatic carbocycles. The Bertz CT molecular complexity index is 729. The van der Waals surface area contributed by atoms with Gasteiger partial charge in [0, 0.05) is 24.6 Å². The molecule has 0 fully saturated rings. The van der Waals surface area contributed by atoms with E-state index in [1.807, 2.05) is 36.6 Å². The zero-order valence-electron chi connectivity index (χ0n) is 14.6. The molecular formula is C18H22N2O4S. The third kappa shape index (κ3) is 5.95. The molecule has 1 atom stereocenters. The van der Waals surface area contributed by atoms with Gasteiger partial charge in [0.05, 0.1) is 18.7 Å². The smallest absolute Gasteiger partial charge is 0.312 e. The Hall–Kier alpha value is -2.25. The highest BCUT2D eigenvalue weighted by Crippen LogP contribution is 2.24. The molecule has 0 saturated carbocycles. The number of ether oxygens (including phenoxy) is 2. The summed E-state index contributed by atoms with van der Waals surface area (Å²) in [7, 11) is 1.55. The lowest BCUT2D eigenvalue weighted by Crippen LogP contribution is -2.37. The second-order valence-electron chi connectivity index (χ2n) is 5.61. The van der Waals surface area contributed by atoms with Crippen molar-refractivity contribution in [3.8, 4) is 10.6 Å². The number of carbonyl (C=O) groups excluding carboxylic acids is 2. The summed E-state index contributed by atoms with van der Waals surface area (Å²) >= 11 is 1.48. The summed E-state index contributed by atoms with van der Waals surface area (Å²) in [5.74, 6) is -0.820. The first-order valence-electron chi connectivity index (χ1n) is 7.97. The van der Waals surface area contributed by atoms with Crippen LogP contribution in [-0.2, 0) is 25.5 Å². The van der Waals surface area contributed by atoms with E-state index in [1.165, 1.54) is 11.3 Å². The van der Waals surface area contributed by atoms with Crippen molar-refractivity contribution >= 4 is 23.2 Å². The maximum Gasteiger partial charge on any atom is 0.312 e. The number of aryl methyl sites for hydroxylation is 1. The first-order valence-corrected chi connectivity index (χ1v) is 8.85. The van der Waals surface area contributed by atoms with Crippen molar-refractivity contribution in [2.45, 2.75) is 26.4 Å². The topological polar surface area (TPSA) is 77.5 Å². The van der Waals surface area contributed by atoms with E-state index in [-0.39, 0.29) is 12.3 Å². The Balaban J connectivity index is 1.88. The van der Waals surface area contributed by atoms with E-state index >= 15 is 0 Å². The van der Waals surface area contributed by atoms with Crippen LogP contribution in [0.2, 0.25) is 0 Å². The average Bonchev–Trinajstić information content (AvgIpc) is 3.03. The molecule has 1 N–H and O–H groups in total. The molecule has 6 nitrogen and oxygen atoms in total. The third-order valence-electron chi connectivity index (χ3n) is 3.43. The summed E-state index contributed by atoms with van der Waals surface area (Å²) in [5, 5.41) is 5.32. The number of nitrogens with zero attached hydrogens (tertiary/aromatic N) is 1. The lowest BCUT2D eigenvalue weighted by atomic mass is 10.1. The molecule has 0 spiro atoms. The van der Waals surface area contributed by atoms with Crippen molar-refractivity contribution in [1.82, 2.24) is 10.3 Å². The molecule has 0 aliphatic heterocycles. The minimum Gasteiger partial charge on any atom is -0.452 e. The van der Waals surface area contributed by atoms with E-state index in [2.05, 4.69) is 10.3 Å². The van der Waals surface area contributed by atoms with Gasteiger partial charge in [0.2, 0.25) is 0 Å². The van der Waals surface area contributed by atoms with Crippen LogP contribution in [0.3, 0.4) is 0 Å². The summed E-state index contributed by atoms with van der Waals surface area (Å²) < 4.78 is 10.0. The number of aromatic nitrogens is 1. The number of thiazole rings is 1. The van der Waals surface area contributed by atoms with Gasteiger partial charge in [-0.15, -0.1) is 11.3 Å². The van der Waals surface area contributed by atoms with Gasteiger partial charge in [0.15, 0.2) is 6.10 Å². The number of rotatable bonds is 8. The fraction of sp³-hybridized carbons (Fsp3) is 0.389. The first kappa shape index (κ1) is 19.1. The molecule has 0 aliphatic carbocycles. The third-order valence-corrected chi connectivity index (χ3v) is 4.37. The van der Waals surface area contributed by atoms with Crippen LogP contribution < -0.4 is 5.32 Å². The molecule has 2 aromatic rings. The highest BCUT2D eigenvalue weighted by Gasteiger charge is 2.18. The fourth-order valence-corrected chi connectivity index (χ4v) is 2.98. The van der Waals surface area contributed by atoms with Crippen molar-refractivity contribution in [2.75, 3.05) is 20.3 Å². The maximum absolute atomic E-state index is 12.0. The predicted octanol–water partition coefficient (Wildman–Crippen LogP) is 2.36. The van der Waals surface area contributed by atoms with Crippen molar-refractivity contribution in [2.24, 2.45) is 0 Å². The standard InChI is InChI=1S/C18H22N2O4S/c1-12-5-4-6-14(9-12)18-20-15(11-25-18)10-16(21)24-13(2)17(22)19-7-8-23-3/h4-6,9,11,13H,7-8,10H2,1-3H3,(H,19,22)/t13-/m0/s1. The Morgan fingerprint density at radius 3 is 2.88 bits per heavy atom. The molecule has 0 aliphatic rings. The molecule has 0 unspecified atom stereocenters. The largest absolute Gasteiger partial charge is 0.452 e. The van der Waals surface area contributed by atoms with Crippen LogP contribution in [0.15, 0.2) is 29.6 Å². The molecule has 1 amide bonds. The average molecular weight is 362 g/mol. The van der Waals surface area contributed by atoms with Gasteiger partial charge in [0.25, 0.3) is 5.91 Å². The number of hydrogen-bond acceptors (Lipinski definition) is 6. The van der Waals surface area contributed by atoms with Gasteiger partial charge < -0.3 is 14.8 Å². The van der Waals surface area contributed by atoms with Crippen LogP contribution in [0.25, 0.3) is 10.6 Å². The minimum absolute atomic E-state index is 0.0397. The summed E-state index contributed by atoms with van der Waals surface area (Å²) in [6.07, 6.45) is -0.808. The molecule has 134 valence electrons. The highest BCUT2D eigenvalue weighted by atomic mass is 32.1. The molecule has 0 bridgehead atoms. The molecule has 0 radical (unpaired) electrons. The Labute approximate surface area is 151 Å². The number of methoxy groups -OCH3 is 1. The van der Waals surface area contributed by atoms with Crippen LogP contribution in [-0.4, -0.2) is 43.2 Å². The second-order valence-corrected chi connectivity index (χ2v) is 6.46. The second kappa shape index (κ2) is 9.29. The van der Waals surface area contributed by atoms with Crippen LogP contribution in [0.4, 0.5) is 0 Å². The predicted molar refractivity (Wildman–Crippen MR) is 96.4 cm³/mol. The van der Waals surface area contributed by atoms with Gasteiger partial charge in [-0.3, -0.25) is 9.59 Å². The lowest BCUT2D eigenvalue weighted by Gasteiger charge is -2.12. The van der Waals surface area contributed by atoms with E-state index in [0.717, 1.165) is 16.1 Å². The molecule has 25 heavy (non-hydrogen) atoms. The van der Waals surface area contributed by atoms with Crippen LogP contribution in [0.5, 0.6) is 0 Å². The first-order chi connectivity index (χ1) is 12.0. The van der Waals surface area contributed by atoms with E-state index in [4.69, 9.17) is 9.47 Å². The minimum atomic E-state index is -0.848. The zero-order valence-corrected chi connectivity index (χ0v) is 15.4.